The highest BCUT2D eigenvalue weighted by Crippen LogP contribution is 2.34. The fourth-order valence-corrected chi connectivity index (χ4v) is 3.99. The van der Waals surface area contributed by atoms with Crippen LogP contribution in [0.4, 0.5) is 15.8 Å². The van der Waals surface area contributed by atoms with Gasteiger partial charge in [-0.1, -0.05) is 18.2 Å². The normalized spacial score (nSPS) is 17.6. The molecular formula is C22H26FN3O2. The Morgan fingerprint density at radius 1 is 1.04 bits per heavy atom. The predicted molar refractivity (Wildman–Crippen MR) is 108 cm³/mol. The molecular weight excluding hydrogens is 357 g/mol. The molecule has 2 aromatic rings. The number of ether oxygens (including phenoxy) is 1. The third kappa shape index (κ3) is 3.69. The van der Waals surface area contributed by atoms with Crippen molar-refractivity contribution in [1.29, 1.82) is 0 Å². The van der Waals surface area contributed by atoms with Crippen molar-refractivity contribution in [2.24, 2.45) is 0 Å². The first-order chi connectivity index (χ1) is 13.5. The van der Waals surface area contributed by atoms with Gasteiger partial charge in [-0.3, -0.25) is 9.69 Å². The van der Waals surface area contributed by atoms with Gasteiger partial charge in [0.2, 0.25) is 0 Å². The summed E-state index contributed by atoms with van der Waals surface area (Å²) in [6.07, 6.45) is 0. The summed E-state index contributed by atoms with van der Waals surface area (Å²) < 4.78 is 19.7. The maximum absolute atomic E-state index is 14.0. The van der Waals surface area contributed by atoms with Crippen LogP contribution in [0.1, 0.15) is 19.4 Å². The van der Waals surface area contributed by atoms with Gasteiger partial charge in [0.25, 0.3) is 5.91 Å². The van der Waals surface area contributed by atoms with Crippen LogP contribution in [0, 0.1) is 5.82 Å². The van der Waals surface area contributed by atoms with Crippen LogP contribution in [0.15, 0.2) is 42.5 Å². The number of anilines is 2. The molecule has 0 atom stereocenters. The number of carbonyl (C=O) groups excluding carboxylic acids is 1. The van der Waals surface area contributed by atoms with Crippen molar-refractivity contribution in [3.05, 3.63) is 53.8 Å². The van der Waals surface area contributed by atoms with E-state index >= 15 is 0 Å². The number of nitrogens with zero attached hydrogens (tertiary/aromatic N) is 3. The number of hydrogen-bond donors (Lipinski definition) is 0. The fraction of sp³-hybridized carbons (Fsp3) is 0.409. The van der Waals surface area contributed by atoms with Crippen molar-refractivity contribution in [2.45, 2.75) is 26.4 Å². The number of para-hydroxylation sites is 1. The third-order valence-electron chi connectivity index (χ3n) is 5.39. The maximum atomic E-state index is 14.0. The Labute approximate surface area is 165 Å². The van der Waals surface area contributed by atoms with Crippen LogP contribution in [-0.4, -0.2) is 49.6 Å². The van der Waals surface area contributed by atoms with Crippen LogP contribution in [0.2, 0.25) is 0 Å². The molecule has 4 rings (SSSR count). The van der Waals surface area contributed by atoms with E-state index in [1.165, 1.54) is 6.07 Å². The highest BCUT2D eigenvalue weighted by molar-refractivity contribution is 5.98. The van der Waals surface area contributed by atoms with Crippen molar-refractivity contribution < 1.29 is 13.9 Å². The van der Waals surface area contributed by atoms with E-state index in [9.17, 15) is 9.18 Å². The summed E-state index contributed by atoms with van der Waals surface area (Å²) in [6.45, 7) is 8.29. The van der Waals surface area contributed by atoms with Crippen molar-refractivity contribution in [3.63, 3.8) is 0 Å². The van der Waals surface area contributed by atoms with Crippen LogP contribution < -0.4 is 14.5 Å². The van der Waals surface area contributed by atoms with Crippen LogP contribution in [-0.2, 0) is 11.3 Å². The lowest BCUT2D eigenvalue weighted by molar-refractivity contribution is -0.121. The topological polar surface area (TPSA) is 36.0 Å². The van der Waals surface area contributed by atoms with E-state index < -0.39 is 0 Å². The lowest BCUT2D eigenvalue weighted by Gasteiger charge is -2.36. The minimum absolute atomic E-state index is 0.000448. The smallest absolute Gasteiger partial charge is 0.265 e. The van der Waals surface area contributed by atoms with E-state index in [1.807, 2.05) is 38.1 Å². The minimum Gasteiger partial charge on any atom is -0.482 e. The molecule has 0 radical (unpaired) electrons. The predicted octanol–water partition coefficient (Wildman–Crippen LogP) is 3.28. The van der Waals surface area contributed by atoms with Crippen molar-refractivity contribution in [1.82, 2.24) is 4.90 Å². The second-order valence-corrected chi connectivity index (χ2v) is 7.66. The van der Waals surface area contributed by atoms with Gasteiger partial charge in [-0.05, 0) is 43.7 Å². The first-order valence-corrected chi connectivity index (χ1v) is 9.82. The molecule has 2 aliphatic heterocycles. The first kappa shape index (κ1) is 18.7. The Hall–Kier alpha value is -2.60. The number of piperazine rings is 1. The van der Waals surface area contributed by atoms with E-state index in [0.717, 1.165) is 49.7 Å². The van der Waals surface area contributed by atoms with Gasteiger partial charge in [-0.2, -0.15) is 0 Å². The van der Waals surface area contributed by atoms with E-state index in [-0.39, 0.29) is 24.4 Å². The molecule has 148 valence electrons. The molecule has 0 spiro atoms. The van der Waals surface area contributed by atoms with Crippen LogP contribution in [0.3, 0.4) is 0 Å². The average molecular weight is 383 g/mol. The average Bonchev–Trinajstić information content (AvgIpc) is 2.69. The number of fused-ring (bicyclic) bond motifs is 1. The molecule has 1 fully saturated rings. The van der Waals surface area contributed by atoms with Crippen LogP contribution in [0.25, 0.3) is 0 Å². The molecule has 2 aromatic carbocycles. The summed E-state index contributed by atoms with van der Waals surface area (Å²) in [4.78, 5) is 18.4. The number of rotatable bonds is 4. The third-order valence-corrected chi connectivity index (χ3v) is 5.39. The molecule has 28 heavy (non-hydrogen) atoms. The van der Waals surface area contributed by atoms with Gasteiger partial charge in [0, 0.05) is 38.8 Å². The highest BCUT2D eigenvalue weighted by atomic mass is 19.1. The Morgan fingerprint density at radius 3 is 2.50 bits per heavy atom. The zero-order valence-electron chi connectivity index (χ0n) is 16.4. The fourth-order valence-electron chi connectivity index (χ4n) is 3.99. The number of benzene rings is 2. The van der Waals surface area contributed by atoms with Crippen LogP contribution >= 0.6 is 0 Å². The Balaban J connectivity index is 1.41. The quantitative estimate of drug-likeness (QED) is 0.812. The molecule has 0 N–H and O–H groups in total. The zero-order valence-corrected chi connectivity index (χ0v) is 16.4. The number of amides is 1. The van der Waals surface area contributed by atoms with Crippen LogP contribution in [0.5, 0.6) is 5.75 Å². The number of halogens is 1. The molecule has 2 aliphatic rings. The summed E-state index contributed by atoms with van der Waals surface area (Å²) in [5.74, 6) is 0.613. The lowest BCUT2D eigenvalue weighted by Crippen LogP contribution is -2.46. The Kier molecular flexibility index (Phi) is 5.22. The summed E-state index contributed by atoms with van der Waals surface area (Å²) >= 11 is 0. The van der Waals surface area contributed by atoms with Gasteiger partial charge in [0.05, 0.1) is 11.4 Å². The first-order valence-electron chi connectivity index (χ1n) is 9.82. The SMILES string of the molecule is CC(C)N1C(=O)COc2cc(CN3CCN(c4ccccc4F)CC3)ccc21. The van der Waals surface area contributed by atoms with Crippen molar-refractivity contribution in [2.75, 3.05) is 42.6 Å². The van der Waals surface area contributed by atoms with Gasteiger partial charge >= 0.3 is 0 Å². The Morgan fingerprint density at radius 2 is 1.79 bits per heavy atom. The molecule has 5 nitrogen and oxygen atoms in total. The summed E-state index contributed by atoms with van der Waals surface area (Å²) in [5.41, 5.74) is 2.69. The van der Waals surface area contributed by atoms with Gasteiger partial charge < -0.3 is 14.5 Å². The molecule has 0 bridgehead atoms. The summed E-state index contributed by atoms with van der Waals surface area (Å²) in [5, 5.41) is 0. The molecule has 0 aromatic heterocycles. The second-order valence-electron chi connectivity index (χ2n) is 7.66. The van der Waals surface area contributed by atoms with Crippen molar-refractivity contribution >= 4 is 17.3 Å². The molecule has 1 amide bonds. The number of carbonyl (C=O) groups is 1. The van der Waals surface area contributed by atoms with E-state index in [2.05, 4.69) is 15.9 Å². The minimum atomic E-state index is -0.160. The molecule has 1 saturated heterocycles. The second kappa shape index (κ2) is 7.80. The molecule has 0 aliphatic carbocycles. The summed E-state index contributed by atoms with van der Waals surface area (Å²) in [6, 6.07) is 13.2. The van der Waals surface area contributed by atoms with E-state index in [0.29, 0.717) is 5.69 Å². The standard InChI is InChI=1S/C22H26FN3O2/c1-16(2)26-20-8-7-17(13-21(20)28-15-22(26)27)14-24-9-11-25(12-10-24)19-6-4-3-5-18(19)23/h3-8,13,16H,9-12,14-15H2,1-2H3. The molecule has 6 heteroatoms. The number of hydrogen-bond acceptors (Lipinski definition) is 4. The zero-order chi connectivity index (χ0) is 19.7. The monoisotopic (exact) mass is 383 g/mol. The van der Waals surface area contributed by atoms with Gasteiger partial charge in [0.1, 0.15) is 11.6 Å². The van der Waals surface area contributed by atoms with Crippen molar-refractivity contribution in [3.8, 4) is 5.75 Å². The largest absolute Gasteiger partial charge is 0.482 e. The maximum Gasteiger partial charge on any atom is 0.265 e. The Bertz CT molecular complexity index is 863. The highest BCUT2D eigenvalue weighted by Gasteiger charge is 2.28. The van der Waals surface area contributed by atoms with E-state index in [4.69, 9.17) is 4.74 Å². The van der Waals surface area contributed by atoms with Gasteiger partial charge in [-0.15, -0.1) is 0 Å². The lowest BCUT2D eigenvalue weighted by atomic mass is 10.1. The molecule has 2 heterocycles. The molecule has 0 saturated carbocycles. The van der Waals surface area contributed by atoms with Gasteiger partial charge in [-0.25, -0.2) is 4.39 Å². The summed E-state index contributed by atoms with van der Waals surface area (Å²) in [7, 11) is 0. The molecule has 0 unspecified atom stereocenters. The van der Waals surface area contributed by atoms with E-state index in [1.54, 1.807) is 11.0 Å². The van der Waals surface area contributed by atoms with Gasteiger partial charge in [0.15, 0.2) is 6.61 Å².